The number of aliphatic carboxylic acids is 1. The first-order chi connectivity index (χ1) is 9.88. The summed E-state index contributed by atoms with van der Waals surface area (Å²) < 4.78 is 22.8. The Hall–Kier alpha value is -1.56. The molecular weight excluding hydrogens is 290 g/mol. The molecule has 0 spiro atoms. The molecule has 0 aliphatic heterocycles. The van der Waals surface area contributed by atoms with Gasteiger partial charge in [0.25, 0.3) is 0 Å². The van der Waals surface area contributed by atoms with Gasteiger partial charge in [-0.3, -0.25) is 4.79 Å². The van der Waals surface area contributed by atoms with Crippen molar-refractivity contribution in [3.05, 3.63) is 24.3 Å². The highest BCUT2D eigenvalue weighted by atomic mass is 32.2. The van der Waals surface area contributed by atoms with Crippen LogP contribution in [-0.4, -0.2) is 32.3 Å². The Morgan fingerprint density at radius 1 is 1.24 bits per heavy atom. The number of carboxylic acids is 1. The molecule has 21 heavy (non-hydrogen) atoms. The molecule has 1 aromatic rings. The van der Waals surface area contributed by atoms with E-state index in [0.717, 1.165) is 31.4 Å². The maximum absolute atomic E-state index is 11.4. The van der Waals surface area contributed by atoms with Crippen LogP contribution >= 0.6 is 0 Å². The van der Waals surface area contributed by atoms with Crippen molar-refractivity contribution < 1.29 is 18.3 Å². The Labute approximate surface area is 125 Å². The average Bonchev–Trinajstić information content (AvgIpc) is 2.45. The van der Waals surface area contributed by atoms with Gasteiger partial charge in [-0.25, -0.2) is 8.42 Å². The Morgan fingerprint density at radius 3 is 2.43 bits per heavy atom. The molecule has 2 atom stereocenters. The van der Waals surface area contributed by atoms with Gasteiger partial charge in [0, 0.05) is 18.5 Å². The number of carboxylic acid groups (broad SMARTS) is 1. The molecule has 1 aromatic carbocycles. The minimum atomic E-state index is -3.18. The molecule has 1 aliphatic carbocycles. The van der Waals surface area contributed by atoms with Crippen LogP contribution in [0.2, 0.25) is 0 Å². The van der Waals surface area contributed by atoms with Crippen molar-refractivity contribution in [2.24, 2.45) is 11.8 Å². The van der Waals surface area contributed by atoms with E-state index in [1.54, 1.807) is 24.3 Å². The predicted molar refractivity (Wildman–Crippen MR) is 81.1 cm³/mol. The van der Waals surface area contributed by atoms with Crippen molar-refractivity contribution in [1.29, 1.82) is 0 Å². The minimum absolute atomic E-state index is 0.130. The fraction of sp³-hybridized carbons (Fsp3) is 0.533. The lowest BCUT2D eigenvalue weighted by atomic mass is 9.79. The summed E-state index contributed by atoms with van der Waals surface area (Å²) in [6.07, 6.45) is 4.90. The van der Waals surface area contributed by atoms with Crippen LogP contribution < -0.4 is 5.32 Å². The number of nitrogens with one attached hydrogen (secondary N) is 1. The first kappa shape index (κ1) is 15.8. The summed E-state index contributed by atoms with van der Waals surface area (Å²) in [6.45, 7) is 0.606. The smallest absolute Gasteiger partial charge is 0.306 e. The molecule has 1 aliphatic rings. The van der Waals surface area contributed by atoms with Crippen molar-refractivity contribution in [2.75, 3.05) is 18.1 Å². The zero-order valence-electron chi connectivity index (χ0n) is 12.1. The van der Waals surface area contributed by atoms with Crippen molar-refractivity contribution in [1.82, 2.24) is 0 Å². The molecule has 0 saturated heterocycles. The van der Waals surface area contributed by atoms with Gasteiger partial charge < -0.3 is 10.4 Å². The van der Waals surface area contributed by atoms with Crippen LogP contribution in [0.4, 0.5) is 5.69 Å². The summed E-state index contributed by atoms with van der Waals surface area (Å²) in [5.41, 5.74) is 0.817. The normalized spacial score (nSPS) is 22.7. The molecule has 0 radical (unpaired) electrons. The first-order valence-electron chi connectivity index (χ1n) is 7.15. The van der Waals surface area contributed by atoms with Crippen molar-refractivity contribution in [3.8, 4) is 0 Å². The summed E-state index contributed by atoms with van der Waals surface area (Å²) in [5.74, 6) is -0.860. The average molecular weight is 311 g/mol. The molecule has 5 nitrogen and oxygen atoms in total. The van der Waals surface area contributed by atoms with Crippen LogP contribution in [-0.2, 0) is 14.6 Å². The lowest BCUT2D eigenvalue weighted by molar-refractivity contribution is -0.144. The van der Waals surface area contributed by atoms with Crippen LogP contribution in [0.3, 0.4) is 0 Å². The van der Waals surface area contributed by atoms with Gasteiger partial charge in [-0.05, 0) is 43.0 Å². The molecule has 6 heteroatoms. The number of rotatable bonds is 5. The zero-order valence-corrected chi connectivity index (χ0v) is 12.9. The second-order valence-corrected chi connectivity index (χ2v) is 7.68. The van der Waals surface area contributed by atoms with Gasteiger partial charge >= 0.3 is 5.97 Å². The number of benzene rings is 1. The third-order valence-corrected chi connectivity index (χ3v) is 5.21. The molecule has 0 heterocycles. The van der Waals surface area contributed by atoms with E-state index in [9.17, 15) is 18.3 Å². The molecular formula is C15H21NO4S. The fourth-order valence-corrected chi connectivity index (χ4v) is 3.48. The Bertz CT molecular complexity index is 595. The zero-order chi connectivity index (χ0) is 15.5. The quantitative estimate of drug-likeness (QED) is 0.872. The lowest BCUT2D eigenvalue weighted by Gasteiger charge is -2.28. The van der Waals surface area contributed by atoms with Crippen LogP contribution in [0.25, 0.3) is 0 Å². The molecule has 116 valence electrons. The van der Waals surface area contributed by atoms with E-state index in [-0.39, 0.29) is 16.7 Å². The second-order valence-electron chi connectivity index (χ2n) is 5.67. The van der Waals surface area contributed by atoms with E-state index in [0.29, 0.717) is 6.54 Å². The van der Waals surface area contributed by atoms with Crippen LogP contribution in [0, 0.1) is 11.8 Å². The molecule has 0 bridgehead atoms. The standard InChI is InChI=1S/C15H21NO4S/c1-21(19,20)13-8-6-12(7-9-13)16-10-11-4-2-3-5-14(11)15(17)18/h6-9,11,14,16H,2-5,10H2,1H3,(H,17,18). The molecule has 2 rings (SSSR count). The molecule has 0 aromatic heterocycles. The lowest BCUT2D eigenvalue weighted by Crippen LogP contribution is -2.31. The summed E-state index contributed by atoms with van der Waals surface area (Å²) in [4.78, 5) is 11.5. The van der Waals surface area contributed by atoms with Crippen molar-refractivity contribution >= 4 is 21.5 Å². The molecule has 2 N–H and O–H groups in total. The molecule has 1 fully saturated rings. The Kier molecular flexibility index (Phi) is 4.88. The van der Waals surface area contributed by atoms with Gasteiger partial charge in [0.2, 0.25) is 0 Å². The van der Waals surface area contributed by atoms with Gasteiger partial charge in [-0.1, -0.05) is 12.8 Å². The summed E-state index contributed by atoms with van der Waals surface area (Å²) in [5, 5.41) is 12.5. The number of sulfone groups is 1. The number of carbonyl (C=O) groups is 1. The van der Waals surface area contributed by atoms with Crippen molar-refractivity contribution in [2.45, 2.75) is 30.6 Å². The topological polar surface area (TPSA) is 83.5 Å². The third-order valence-electron chi connectivity index (χ3n) is 4.08. The minimum Gasteiger partial charge on any atom is -0.481 e. The number of anilines is 1. The van der Waals surface area contributed by atoms with E-state index in [2.05, 4.69) is 5.32 Å². The molecule has 1 saturated carbocycles. The maximum atomic E-state index is 11.4. The third kappa shape index (κ3) is 4.20. The number of hydrogen-bond acceptors (Lipinski definition) is 4. The van der Waals surface area contributed by atoms with Crippen LogP contribution in [0.5, 0.6) is 0 Å². The highest BCUT2D eigenvalue weighted by Crippen LogP contribution is 2.30. The predicted octanol–water partition coefficient (Wildman–Crippen LogP) is 2.39. The first-order valence-corrected chi connectivity index (χ1v) is 9.04. The van der Waals surface area contributed by atoms with E-state index >= 15 is 0 Å². The SMILES string of the molecule is CS(=O)(=O)c1ccc(NCC2CCCCC2C(=O)O)cc1. The van der Waals surface area contributed by atoms with Gasteiger partial charge in [-0.2, -0.15) is 0 Å². The van der Waals surface area contributed by atoms with Gasteiger partial charge in [0.15, 0.2) is 9.84 Å². The monoisotopic (exact) mass is 311 g/mol. The second kappa shape index (κ2) is 6.47. The number of hydrogen-bond donors (Lipinski definition) is 2. The van der Waals surface area contributed by atoms with Gasteiger partial charge in [-0.15, -0.1) is 0 Å². The van der Waals surface area contributed by atoms with Crippen molar-refractivity contribution in [3.63, 3.8) is 0 Å². The van der Waals surface area contributed by atoms with Crippen LogP contribution in [0.15, 0.2) is 29.2 Å². The Morgan fingerprint density at radius 2 is 1.86 bits per heavy atom. The van der Waals surface area contributed by atoms with E-state index < -0.39 is 15.8 Å². The summed E-state index contributed by atoms with van der Waals surface area (Å²) in [7, 11) is -3.18. The van der Waals surface area contributed by atoms with Gasteiger partial charge in [0.1, 0.15) is 0 Å². The molecule has 0 amide bonds. The maximum Gasteiger partial charge on any atom is 0.306 e. The van der Waals surface area contributed by atoms with Gasteiger partial charge in [0.05, 0.1) is 10.8 Å². The highest BCUT2D eigenvalue weighted by molar-refractivity contribution is 7.90. The van der Waals surface area contributed by atoms with E-state index in [4.69, 9.17) is 0 Å². The molecule has 2 unspecified atom stereocenters. The van der Waals surface area contributed by atoms with E-state index in [1.807, 2.05) is 0 Å². The fourth-order valence-electron chi connectivity index (χ4n) is 2.85. The largest absolute Gasteiger partial charge is 0.481 e. The summed E-state index contributed by atoms with van der Waals surface area (Å²) in [6, 6.07) is 6.56. The highest BCUT2D eigenvalue weighted by Gasteiger charge is 2.30. The summed E-state index contributed by atoms with van der Waals surface area (Å²) >= 11 is 0. The van der Waals surface area contributed by atoms with Crippen LogP contribution in [0.1, 0.15) is 25.7 Å². The Balaban J connectivity index is 1.97. The van der Waals surface area contributed by atoms with E-state index in [1.165, 1.54) is 6.26 Å².